The molecule has 3 rings (SSSR count). The third-order valence-electron chi connectivity index (χ3n) is 3.43. The number of fused-ring (bicyclic) bond motifs is 1. The van der Waals surface area contributed by atoms with E-state index in [4.69, 9.17) is 12.2 Å². The summed E-state index contributed by atoms with van der Waals surface area (Å²) in [7, 11) is 0. The lowest BCUT2D eigenvalue weighted by Gasteiger charge is -2.07. The molecule has 3 N–H and O–H groups in total. The van der Waals surface area contributed by atoms with Gasteiger partial charge in [0.05, 0.1) is 10.3 Å². The predicted molar refractivity (Wildman–Crippen MR) is 91.5 cm³/mol. The third kappa shape index (κ3) is 2.49. The molecule has 0 atom stereocenters. The Morgan fingerprint density at radius 1 is 1.23 bits per heavy atom. The Morgan fingerprint density at radius 3 is 2.68 bits per heavy atom. The van der Waals surface area contributed by atoms with Crippen molar-refractivity contribution >= 4 is 45.4 Å². The summed E-state index contributed by atoms with van der Waals surface area (Å²) in [6.07, 6.45) is 0. The van der Waals surface area contributed by atoms with Crippen molar-refractivity contribution in [2.45, 2.75) is 13.8 Å². The van der Waals surface area contributed by atoms with Crippen LogP contribution in [0.3, 0.4) is 0 Å². The van der Waals surface area contributed by atoms with E-state index in [1.165, 1.54) is 11.3 Å². The summed E-state index contributed by atoms with van der Waals surface area (Å²) in [5, 5.41) is 3.36. The van der Waals surface area contributed by atoms with E-state index in [-0.39, 0.29) is 16.2 Å². The van der Waals surface area contributed by atoms with Gasteiger partial charge in [0.1, 0.15) is 4.83 Å². The molecule has 5 nitrogen and oxygen atoms in total. The van der Waals surface area contributed by atoms with Gasteiger partial charge in [0.2, 0.25) is 0 Å². The highest BCUT2D eigenvalue weighted by atomic mass is 32.1. The van der Waals surface area contributed by atoms with Gasteiger partial charge in [0, 0.05) is 5.69 Å². The van der Waals surface area contributed by atoms with E-state index < -0.39 is 0 Å². The monoisotopic (exact) mass is 331 g/mol. The lowest BCUT2D eigenvalue weighted by Crippen LogP contribution is -2.13. The van der Waals surface area contributed by atoms with E-state index >= 15 is 0 Å². The molecule has 0 aliphatic rings. The topological polar surface area (TPSA) is 77.8 Å². The summed E-state index contributed by atoms with van der Waals surface area (Å²) in [4.78, 5) is 31.1. The molecule has 0 saturated heterocycles. The molecule has 112 valence electrons. The van der Waals surface area contributed by atoms with E-state index in [2.05, 4.69) is 15.3 Å². The number of hydrogen-bond donors (Lipinski definition) is 3. The van der Waals surface area contributed by atoms with E-state index in [0.717, 1.165) is 11.3 Å². The van der Waals surface area contributed by atoms with Gasteiger partial charge >= 0.3 is 0 Å². The molecule has 1 aromatic carbocycles. The first-order chi connectivity index (χ1) is 10.5. The van der Waals surface area contributed by atoms with Crippen molar-refractivity contribution in [2.24, 2.45) is 0 Å². The molecular weight excluding hydrogens is 318 g/mol. The summed E-state index contributed by atoms with van der Waals surface area (Å²) >= 11 is 6.19. The molecule has 2 aromatic heterocycles. The van der Waals surface area contributed by atoms with Gasteiger partial charge in [-0.2, -0.15) is 0 Å². The maximum atomic E-state index is 12.5. The van der Waals surface area contributed by atoms with Gasteiger partial charge in [-0.3, -0.25) is 14.6 Å². The fourth-order valence-corrected chi connectivity index (χ4v) is 3.65. The summed E-state index contributed by atoms with van der Waals surface area (Å²) in [5.41, 5.74) is 2.11. The van der Waals surface area contributed by atoms with Crippen molar-refractivity contribution in [1.82, 2.24) is 9.97 Å². The maximum Gasteiger partial charge on any atom is 0.266 e. The Kier molecular flexibility index (Phi) is 3.67. The highest BCUT2D eigenvalue weighted by Crippen LogP contribution is 2.27. The Hall–Kier alpha value is -2.25. The van der Waals surface area contributed by atoms with Crippen molar-refractivity contribution < 1.29 is 4.79 Å². The summed E-state index contributed by atoms with van der Waals surface area (Å²) in [5.74, 6) is -0.230. The number of aromatic amines is 2. The largest absolute Gasteiger partial charge is 0.323 e. The standard InChI is InChI=1S/C15H13N3O2S2/c1-7-5-3-4-6-9(7)16-13(20)11-8(2)10-12(19)17-15(21)18-14(10)22-11/h3-6H,1-2H3,(H,16,20)(H2,17,18,19,21). The lowest BCUT2D eigenvalue weighted by atomic mass is 10.2. The second kappa shape index (κ2) is 5.51. The molecule has 0 aliphatic carbocycles. The van der Waals surface area contributed by atoms with Gasteiger partial charge in [-0.25, -0.2) is 0 Å². The minimum Gasteiger partial charge on any atom is -0.323 e. The molecule has 0 radical (unpaired) electrons. The minimum absolute atomic E-state index is 0.230. The quantitative estimate of drug-likeness (QED) is 0.629. The van der Waals surface area contributed by atoms with Gasteiger partial charge in [-0.15, -0.1) is 11.3 Å². The van der Waals surface area contributed by atoms with Crippen molar-refractivity contribution in [3.05, 3.63) is 55.4 Å². The van der Waals surface area contributed by atoms with Crippen LogP contribution >= 0.6 is 23.6 Å². The van der Waals surface area contributed by atoms with Crippen molar-refractivity contribution in [1.29, 1.82) is 0 Å². The van der Waals surface area contributed by atoms with Crippen LogP contribution < -0.4 is 10.9 Å². The number of benzene rings is 1. The maximum absolute atomic E-state index is 12.5. The number of H-pyrrole nitrogens is 2. The molecule has 22 heavy (non-hydrogen) atoms. The molecule has 0 unspecified atom stereocenters. The number of thiophene rings is 1. The average Bonchev–Trinajstić information content (AvgIpc) is 2.78. The number of carbonyl (C=O) groups excluding carboxylic acids is 1. The van der Waals surface area contributed by atoms with Crippen LogP contribution in [0.4, 0.5) is 5.69 Å². The zero-order chi connectivity index (χ0) is 15.9. The Bertz CT molecular complexity index is 998. The first-order valence-electron chi connectivity index (χ1n) is 6.60. The second-order valence-corrected chi connectivity index (χ2v) is 6.37. The van der Waals surface area contributed by atoms with Gasteiger partial charge < -0.3 is 10.3 Å². The molecule has 0 saturated carbocycles. The summed E-state index contributed by atoms with van der Waals surface area (Å²) in [6, 6.07) is 7.54. The van der Waals surface area contributed by atoms with E-state index in [0.29, 0.717) is 20.7 Å². The molecule has 7 heteroatoms. The van der Waals surface area contributed by atoms with Gasteiger partial charge in [-0.05, 0) is 43.3 Å². The Labute approximate surface area is 135 Å². The normalized spacial score (nSPS) is 10.8. The van der Waals surface area contributed by atoms with Crippen LogP contribution in [0.25, 0.3) is 10.2 Å². The molecule has 2 heterocycles. The Balaban J connectivity index is 2.07. The highest BCUT2D eigenvalue weighted by molar-refractivity contribution is 7.71. The van der Waals surface area contributed by atoms with Crippen LogP contribution in [0.5, 0.6) is 0 Å². The first kappa shape index (κ1) is 14.7. The highest BCUT2D eigenvalue weighted by Gasteiger charge is 2.18. The molecule has 3 aromatic rings. The van der Waals surface area contributed by atoms with E-state index in [1.54, 1.807) is 6.92 Å². The van der Waals surface area contributed by atoms with Crippen molar-refractivity contribution in [2.75, 3.05) is 5.32 Å². The van der Waals surface area contributed by atoms with Crippen LogP contribution in [-0.4, -0.2) is 15.9 Å². The van der Waals surface area contributed by atoms with Crippen LogP contribution in [0.1, 0.15) is 20.8 Å². The number of amides is 1. The number of carbonyl (C=O) groups is 1. The summed E-state index contributed by atoms with van der Waals surface area (Å²) in [6.45, 7) is 3.69. The van der Waals surface area contributed by atoms with Gasteiger partial charge in [-0.1, -0.05) is 18.2 Å². The molecule has 0 spiro atoms. The van der Waals surface area contributed by atoms with Crippen LogP contribution in [-0.2, 0) is 0 Å². The van der Waals surface area contributed by atoms with Crippen LogP contribution in [0, 0.1) is 18.6 Å². The predicted octanol–water partition coefficient (Wildman–Crippen LogP) is 3.52. The average molecular weight is 331 g/mol. The molecule has 0 bridgehead atoms. The number of rotatable bonds is 2. The zero-order valence-corrected chi connectivity index (χ0v) is 13.6. The van der Waals surface area contributed by atoms with Crippen molar-refractivity contribution in [3.8, 4) is 0 Å². The Morgan fingerprint density at radius 2 is 1.95 bits per heavy atom. The molecule has 1 amide bonds. The third-order valence-corrected chi connectivity index (χ3v) is 4.84. The van der Waals surface area contributed by atoms with E-state index in [9.17, 15) is 9.59 Å². The lowest BCUT2D eigenvalue weighted by molar-refractivity contribution is 0.103. The first-order valence-corrected chi connectivity index (χ1v) is 7.82. The van der Waals surface area contributed by atoms with Crippen LogP contribution in [0.2, 0.25) is 0 Å². The van der Waals surface area contributed by atoms with Crippen molar-refractivity contribution in [3.63, 3.8) is 0 Å². The fraction of sp³-hybridized carbons (Fsp3) is 0.133. The van der Waals surface area contributed by atoms with Gasteiger partial charge in [0.25, 0.3) is 11.5 Å². The van der Waals surface area contributed by atoms with Crippen LogP contribution in [0.15, 0.2) is 29.1 Å². The SMILES string of the molecule is Cc1ccccc1NC(=O)c1sc2[nH]c(=S)[nH]c(=O)c2c1C. The number of para-hydroxylation sites is 1. The molecular formula is C15H13N3O2S2. The molecule has 0 aliphatic heterocycles. The number of aromatic nitrogens is 2. The second-order valence-electron chi connectivity index (χ2n) is 4.94. The zero-order valence-electron chi connectivity index (χ0n) is 11.9. The number of hydrogen-bond acceptors (Lipinski definition) is 4. The minimum atomic E-state index is -0.276. The van der Waals surface area contributed by atoms with E-state index in [1.807, 2.05) is 31.2 Å². The van der Waals surface area contributed by atoms with Gasteiger partial charge in [0.15, 0.2) is 4.77 Å². The number of nitrogens with one attached hydrogen (secondary N) is 3. The number of anilines is 1. The number of aryl methyl sites for hydroxylation is 2. The molecule has 0 fully saturated rings. The summed E-state index contributed by atoms with van der Waals surface area (Å²) < 4.78 is 0.254. The smallest absolute Gasteiger partial charge is 0.266 e. The fourth-order valence-electron chi connectivity index (χ4n) is 2.28.